The van der Waals surface area contributed by atoms with E-state index in [4.69, 9.17) is 5.53 Å². The zero-order valence-electron chi connectivity index (χ0n) is 6.60. The van der Waals surface area contributed by atoms with E-state index in [1.165, 1.54) is 0 Å². The topological polar surface area (TPSA) is 61.7 Å². The SMILES string of the molecule is [N-]=[N+]=Nc1[c][c]nc2ccccc12. The molecule has 0 aliphatic carbocycles. The average Bonchev–Trinajstić information content (AvgIpc) is 2.19. The molecule has 4 heteroatoms. The number of pyridine rings is 1. The van der Waals surface area contributed by atoms with E-state index >= 15 is 0 Å². The van der Waals surface area contributed by atoms with Crippen molar-refractivity contribution >= 4 is 16.6 Å². The predicted molar refractivity (Wildman–Crippen MR) is 48.2 cm³/mol. The molecule has 2 radical (unpaired) electrons. The van der Waals surface area contributed by atoms with E-state index in [1.807, 2.05) is 24.3 Å². The fourth-order valence-corrected chi connectivity index (χ4v) is 1.10. The molecule has 1 aromatic heterocycles. The normalized spacial score (nSPS) is 9.54. The van der Waals surface area contributed by atoms with E-state index in [9.17, 15) is 0 Å². The van der Waals surface area contributed by atoms with Crippen molar-refractivity contribution < 1.29 is 0 Å². The summed E-state index contributed by atoms with van der Waals surface area (Å²) in [4.78, 5) is 6.66. The Morgan fingerprint density at radius 1 is 1.38 bits per heavy atom. The van der Waals surface area contributed by atoms with Crippen LogP contribution in [0.3, 0.4) is 0 Å². The van der Waals surface area contributed by atoms with Crippen molar-refractivity contribution in [3.63, 3.8) is 0 Å². The van der Waals surface area contributed by atoms with Crippen LogP contribution in [0.25, 0.3) is 21.3 Å². The van der Waals surface area contributed by atoms with Gasteiger partial charge in [-0.25, -0.2) is 4.98 Å². The summed E-state index contributed by atoms with van der Waals surface area (Å²) in [7, 11) is 0. The molecule has 2 rings (SSSR count). The van der Waals surface area contributed by atoms with Crippen LogP contribution in [0.4, 0.5) is 5.69 Å². The number of hydrogen-bond acceptors (Lipinski definition) is 2. The van der Waals surface area contributed by atoms with Crippen molar-refractivity contribution in [2.24, 2.45) is 5.11 Å². The summed E-state index contributed by atoms with van der Waals surface area (Å²) in [6.45, 7) is 0. The summed E-state index contributed by atoms with van der Waals surface area (Å²) >= 11 is 0. The van der Waals surface area contributed by atoms with Crippen molar-refractivity contribution in [3.8, 4) is 0 Å². The summed E-state index contributed by atoms with van der Waals surface area (Å²) < 4.78 is 0. The van der Waals surface area contributed by atoms with Crippen LogP contribution in [-0.4, -0.2) is 4.98 Å². The van der Waals surface area contributed by atoms with Gasteiger partial charge in [-0.3, -0.25) is 0 Å². The van der Waals surface area contributed by atoms with E-state index in [0.717, 1.165) is 10.9 Å². The third kappa shape index (κ3) is 1.30. The monoisotopic (exact) mass is 168 g/mol. The number of hydrogen-bond donors (Lipinski definition) is 0. The standard InChI is InChI=1S/C9H4N4/c10-13-12-9-5-6-11-8-4-2-1-3-7(8)9/h1-4H. The molecule has 0 aliphatic rings. The third-order valence-corrected chi connectivity index (χ3v) is 1.65. The van der Waals surface area contributed by atoms with Gasteiger partial charge in [0, 0.05) is 16.4 Å². The number of rotatable bonds is 1. The average molecular weight is 168 g/mol. The Morgan fingerprint density at radius 2 is 2.23 bits per heavy atom. The Balaban J connectivity index is 2.82. The van der Waals surface area contributed by atoms with Gasteiger partial charge in [-0.2, -0.15) is 0 Å². The molecule has 1 heterocycles. The highest BCUT2D eigenvalue weighted by atomic mass is 15.1. The minimum absolute atomic E-state index is 0.438. The van der Waals surface area contributed by atoms with Gasteiger partial charge in [0.2, 0.25) is 0 Å². The molecule has 13 heavy (non-hydrogen) atoms. The lowest BCUT2D eigenvalue weighted by molar-refractivity contribution is 1.36. The zero-order valence-corrected chi connectivity index (χ0v) is 6.60. The van der Waals surface area contributed by atoms with Crippen molar-refractivity contribution in [1.29, 1.82) is 0 Å². The fourth-order valence-electron chi connectivity index (χ4n) is 1.10. The highest BCUT2D eigenvalue weighted by Gasteiger charge is 1.97. The second-order valence-electron chi connectivity index (χ2n) is 2.40. The zero-order chi connectivity index (χ0) is 9.10. The smallest absolute Gasteiger partial charge is 0.0984 e. The Hall–Kier alpha value is -2.06. The van der Waals surface area contributed by atoms with Gasteiger partial charge in [-0.15, -0.1) is 0 Å². The van der Waals surface area contributed by atoms with E-state index in [-0.39, 0.29) is 0 Å². The van der Waals surface area contributed by atoms with E-state index in [1.54, 1.807) is 0 Å². The van der Waals surface area contributed by atoms with Crippen LogP contribution in [-0.2, 0) is 0 Å². The van der Waals surface area contributed by atoms with E-state index in [0.29, 0.717) is 5.69 Å². The lowest BCUT2D eigenvalue weighted by Gasteiger charge is -1.96. The maximum atomic E-state index is 8.28. The maximum Gasteiger partial charge on any atom is 0.0984 e. The summed E-state index contributed by atoms with van der Waals surface area (Å²) in [5, 5.41) is 4.28. The molecule has 0 atom stereocenters. The molecule has 0 N–H and O–H groups in total. The van der Waals surface area contributed by atoms with Gasteiger partial charge >= 0.3 is 0 Å². The quantitative estimate of drug-likeness (QED) is 0.367. The van der Waals surface area contributed by atoms with Crippen LogP contribution in [0.2, 0.25) is 0 Å². The van der Waals surface area contributed by atoms with Crippen molar-refractivity contribution in [1.82, 2.24) is 4.98 Å². The first-order chi connectivity index (χ1) is 6.42. The molecular weight excluding hydrogens is 164 g/mol. The van der Waals surface area contributed by atoms with Gasteiger partial charge in [0.25, 0.3) is 0 Å². The second-order valence-corrected chi connectivity index (χ2v) is 2.40. The minimum Gasteiger partial charge on any atom is -0.245 e. The summed E-state index contributed by atoms with van der Waals surface area (Å²) in [6, 6.07) is 10.0. The van der Waals surface area contributed by atoms with Crippen LogP contribution in [0, 0.1) is 12.3 Å². The molecule has 0 saturated heterocycles. The number of azide groups is 1. The van der Waals surface area contributed by atoms with Crippen molar-refractivity contribution in [2.45, 2.75) is 0 Å². The number of fused-ring (bicyclic) bond motifs is 1. The lowest BCUT2D eigenvalue weighted by Crippen LogP contribution is -1.77. The molecule has 4 nitrogen and oxygen atoms in total. The van der Waals surface area contributed by atoms with Gasteiger partial charge in [-0.05, 0) is 11.6 Å². The van der Waals surface area contributed by atoms with Gasteiger partial charge in [-0.1, -0.05) is 23.3 Å². The Bertz CT molecular complexity index is 480. The molecule has 1 aromatic carbocycles. The molecule has 60 valence electrons. The van der Waals surface area contributed by atoms with Crippen LogP contribution >= 0.6 is 0 Å². The van der Waals surface area contributed by atoms with Crippen molar-refractivity contribution in [2.75, 3.05) is 0 Å². The first-order valence-corrected chi connectivity index (χ1v) is 3.65. The van der Waals surface area contributed by atoms with Gasteiger partial charge < -0.3 is 0 Å². The van der Waals surface area contributed by atoms with E-state index in [2.05, 4.69) is 27.3 Å². The third-order valence-electron chi connectivity index (χ3n) is 1.65. The van der Waals surface area contributed by atoms with Crippen LogP contribution in [0.5, 0.6) is 0 Å². The molecular formula is C9H4N4. The Kier molecular flexibility index (Phi) is 1.82. The predicted octanol–water partition coefficient (Wildman–Crippen LogP) is 2.78. The van der Waals surface area contributed by atoms with Gasteiger partial charge in [0.05, 0.1) is 17.4 Å². The molecule has 0 amide bonds. The number of aromatic nitrogens is 1. The molecule has 0 spiro atoms. The molecule has 0 aliphatic heterocycles. The first kappa shape index (κ1) is 7.58. The largest absolute Gasteiger partial charge is 0.245 e. The molecule has 0 bridgehead atoms. The molecule has 2 aromatic rings. The molecule has 0 unspecified atom stereocenters. The highest BCUT2D eigenvalue weighted by molar-refractivity contribution is 5.88. The van der Waals surface area contributed by atoms with Crippen LogP contribution in [0.15, 0.2) is 29.4 Å². The lowest BCUT2D eigenvalue weighted by atomic mass is 10.2. The number of nitrogens with zero attached hydrogens (tertiary/aromatic N) is 4. The fraction of sp³-hybridized carbons (Fsp3) is 0. The first-order valence-electron chi connectivity index (χ1n) is 3.65. The second kappa shape index (κ2) is 3.13. The van der Waals surface area contributed by atoms with Crippen molar-refractivity contribution in [3.05, 3.63) is 47.0 Å². The molecule has 0 fully saturated rings. The van der Waals surface area contributed by atoms with Crippen LogP contribution in [0.1, 0.15) is 0 Å². The maximum absolute atomic E-state index is 8.28. The number of para-hydroxylation sites is 1. The van der Waals surface area contributed by atoms with Gasteiger partial charge in [0.1, 0.15) is 0 Å². The van der Waals surface area contributed by atoms with E-state index < -0.39 is 0 Å². The molecule has 0 saturated carbocycles. The summed E-state index contributed by atoms with van der Waals surface area (Å²) in [5.41, 5.74) is 9.47. The minimum atomic E-state index is 0.438. The summed E-state index contributed by atoms with van der Waals surface area (Å²) in [6.07, 6.45) is 2.55. The Labute approximate surface area is 74.5 Å². The van der Waals surface area contributed by atoms with Gasteiger partial charge in [0.15, 0.2) is 0 Å². The van der Waals surface area contributed by atoms with Crippen LogP contribution < -0.4 is 0 Å². The summed E-state index contributed by atoms with van der Waals surface area (Å²) in [5.74, 6) is 0. The highest BCUT2D eigenvalue weighted by Crippen LogP contribution is 2.22. The Morgan fingerprint density at radius 3 is 3.08 bits per heavy atom. The number of benzene rings is 1.